The summed E-state index contributed by atoms with van der Waals surface area (Å²) in [7, 11) is 4.56. The normalized spacial score (nSPS) is 11.1. The van der Waals surface area contributed by atoms with E-state index in [1.807, 2.05) is 25.1 Å². The zero-order valence-corrected chi connectivity index (χ0v) is 14.0. The maximum atomic E-state index is 11.2. The average molecular weight is 329 g/mol. The lowest BCUT2D eigenvalue weighted by molar-refractivity contribution is -0.385. The van der Waals surface area contributed by atoms with Crippen molar-refractivity contribution < 1.29 is 19.1 Å². The summed E-state index contributed by atoms with van der Waals surface area (Å²) >= 11 is 0. The molecule has 6 heteroatoms. The molecular formula is C18H19NO5. The third kappa shape index (κ3) is 3.48. The van der Waals surface area contributed by atoms with Crippen molar-refractivity contribution in [2.75, 3.05) is 21.3 Å². The molecule has 0 heterocycles. The second-order valence-corrected chi connectivity index (χ2v) is 4.95. The fourth-order valence-corrected chi connectivity index (χ4v) is 2.46. The molecule has 0 N–H and O–H groups in total. The van der Waals surface area contributed by atoms with Crippen LogP contribution in [0.25, 0.3) is 5.57 Å². The molecule has 0 fully saturated rings. The lowest BCUT2D eigenvalue weighted by Crippen LogP contribution is -1.97. The van der Waals surface area contributed by atoms with Crippen LogP contribution in [0.3, 0.4) is 0 Å². The van der Waals surface area contributed by atoms with E-state index in [4.69, 9.17) is 14.2 Å². The maximum Gasteiger partial charge on any atom is 0.311 e. The topological polar surface area (TPSA) is 70.8 Å². The molecule has 0 aliphatic carbocycles. The smallest absolute Gasteiger partial charge is 0.311 e. The molecule has 2 aromatic rings. The number of nitrogens with zero attached hydrogens (tertiary/aromatic N) is 1. The predicted molar refractivity (Wildman–Crippen MR) is 91.9 cm³/mol. The van der Waals surface area contributed by atoms with Crippen LogP contribution in [0.4, 0.5) is 5.69 Å². The van der Waals surface area contributed by atoms with Crippen LogP contribution in [0, 0.1) is 10.1 Å². The molecule has 0 radical (unpaired) electrons. The van der Waals surface area contributed by atoms with Gasteiger partial charge in [0.15, 0.2) is 5.75 Å². The van der Waals surface area contributed by atoms with Gasteiger partial charge >= 0.3 is 5.69 Å². The third-order valence-electron chi connectivity index (χ3n) is 3.64. The van der Waals surface area contributed by atoms with Crippen molar-refractivity contribution in [3.8, 4) is 17.2 Å². The van der Waals surface area contributed by atoms with Gasteiger partial charge in [-0.3, -0.25) is 10.1 Å². The van der Waals surface area contributed by atoms with Crippen molar-refractivity contribution in [2.45, 2.75) is 6.92 Å². The number of allylic oxidation sites excluding steroid dienone is 1. The maximum absolute atomic E-state index is 11.2. The Morgan fingerprint density at radius 2 is 1.58 bits per heavy atom. The van der Waals surface area contributed by atoms with Gasteiger partial charge in [0.05, 0.1) is 26.3 Å². The minimum Gasteiger partial charge on any atom is -0.497 e. The molecule has 0 unspecified atom stereocenters. The molecule has 6 nitrogen and oxygen atoms in total. The van der Waals surface area contributed by atoms with Crippen LogP contribution in [-0.2, 0) is 0 Å². The van der Waals surface area contributed by atoms with Crippen molar-refractivity contribution in [3.63, 3.8) is 0 Å². The van der Waals surface area contributed by atoms with E-state index in [-0.39, 0.29) is 11.4 Å². The number of hydrogen-bond donors (Lipinski definition) is 0. The Labute approximate surface area is 140 Å². The fraction of sp³-hybridized carbons (Fsp3) is 0.222. The summed E-state index contributed by atoms with van der Waals surface area (Å²) in [6.45, 7) is 1.87. The van der Waals surface area contributed by atoms with Gasteiger partial charge in [-0.2, -0.15) is 0 Å². The molecule has 0 aromatic heterocycles. The Morgan fingerprint density at radius 3 is 2.04 bits per heavy atom. The zero-order chi connectivity index (χ0) is 17.7. The van der Waals surface area contributed by atoms with Gasteiger partial charge in [-0.05, 0) is 41.8 Å². The Morgan fingerprint density at radius 1 is 0.958 bits per heavy atom. The first-order valence-electron chi connectivity index (χ1n) is 7.26. The molecule has 0 saturated carbocycles. The van der Waals surface area contributed by atoms with Gasteiger partial charge in [0, 0.05) is 12.1 Å². The van der Waals surface area contributed by atoms with Gasteiger partial charge < -0.3 is 14.2 Å². The second kappa shape index (κ2) is 7.50. The van der Waals surface area contributed by atoms with Crippen molar-refractivity contribution in [3.05, 3.63) is 63.7 Å². The van der Waals surface area contributed by atoms with Crippen LogP contribution in [0.2, 0.25) is 0 Å². The van der Waals surface area contributed by atoms with E-state index in [2.05, 4.69) is 0 Å². The Kier molecular flexibility index (Phi) is 5.42. The van der Waals surface area contributed by atoms with Gasteiger partial charge in [-0.15, -0.1) is 0 Å². The minimum absolute atomic E-state index is 0.0794. The molecule has 0 amide bonds. The summed E-state index contributed by atoms with van der Waals surface area (Å²) in [5, 5.41) is 11.2. The summed E-state index contributed by atoms with van der Waals surface area (Å²) in [4.78, 5) is 10.8. The van der Waals surface area contributed by atoms with Gasteiger partial charge in [0.25, 0.3) is 0 Å². The number of nitro groups is 1. The highest BCUT2D eigenvalue weighted by Crippen LogP contribution is 2.35. The Balaban J connectivity index is 2.57. The number of nitro benzene ring substituents is 1. The average Bonchev–Trinajstić information content (AvgIpc) is 2.61. The molecule has 2 aromatic carbocycles. The summed E-state index contributed by atoms with van der Waals surface area (Å²) in [6, 6.07) is 10.4. The second-order valence-electron chi connectivity index (χ2n) is 4.95. The Hall–Kier alpha value is -3.02. The van der Waals surface area contributed by atoms with Crippen LogP contribution in [0.1, 0.15) is 18.1 Å². The number of methoxy groups -OCH3 is 3. The van der Waals surface area contributed by atoms with E-state index in [9.17, 15) is 10.1 Å². The molecule has 24 heavy (non-hydrogen) atoms. The number of ether oxygens (including phenoxy) is 3. The van der Waals surface area contributed by atoms with Crippen LogP contribution < -0.4 is 14.2 Å². The van der Waals surface area contributed by atoms with Gasteiger partial charge in [0.2, 0.25) is 0 Å². The van der Waals surface area contributed by atoms with E-state index in [0.29, 0.717) is 17.1 Å². The van der Waals surface area contributed by atoms with Crippen molar-refractivity contribution in [1.82, 2.24) is 0 Å². The minimum atomic E-state index is -0.457. The molecule has 0 saturated heterocycles. The molecular weight excluding hydrogens is 310 g/mol. The van der Waals surface area contributed by atoms with Crippen LogP contribution in [-0.4, -0.2) is 26.3 Å². The monoisotopic (exact) mass is 329 g/mol. The largest absolute Gasteiger partial charge is 0.497 e. The number of hydrogen-bond acceptors (Lipinski definition) is 5. The highest BCUT2D eigenvalue weighted by atomic mass is 16.6. The van der Waals surface area contributed by atoms with E-state index in [0.717, 1.165) is 11.1 Å². The highest BCUT2D eigenvalue weighted by molar-refractivity contribution is 5.82. The molecule has 0 aliphatic rings. The SMILES string of the molecule is C/C=C(\c1cc(OC)cc(OC)c1)c1ccc(OC)c([N+](=O)[O-])c1. The van der Waals surface area contributed by atoms with Gasteiger partial charge in [-0.1, -0.05) is 12.1 Å². The predicted octanol–water partition coefficient (Wildman–Crippen LogP) is 4.07. The lowest BCUT2D eigenvalue weighted by atomic mass is 9.96. The number of benzene rings is 2. The lowest BCUT2D eigenvalue weighted by Gasteiger charge is -2.12. The molecule has 0 atom stereocenters. The molecule has 126 valence electrons. The third-order valence-corrected chi connectivity index (χ3v) is 3.64. The van der Waals surface area contributed by atoms with E-state index < -0.39 is 4.92 Å². The van der Waals surface area contributed by atoms with Crippen LogP contribution in [0.5, 0.6) is 17.2 Å². The standard InChI is InChI=1S/C18H19NO5/c1-5-16(13-8-14(22-2)11-15(9-13)23-3)12-6-7-18(24-4)17(10-12)19(20)21/h5-11H,1-4H3/b16-5-. The van der Waals surface area contributed by atoms with E-state index >= 15 is 0 Å². The molecule has 0 spiro atoms. The van der Waals surface area contributed by atoms with Gasteiger partial charge in [0.1, 0.15) is 11.5 Å². The van der Waals surface area contributed by atoms with Crippen molar-refractivity contribution >= 4 is 11.3 Å². The molecule has 2 rings (SSSR count). The van der Waals surface area contributed by atoms with E-state index in [1.165, 1.54) is 13.2 Å². The van der Waals surface area contributed by atoms with Crippen molar-refractivity contribution in [2.24, 2.45) is 0 Å². The van der Waals surface area contributed by atoms with Crippen LogP contribution in [0.15, 0.2) is 42.5 Å². The Bertz CT molecular complexity index is 761. The zero-order valence-electron chi connectivity index (χ0n) is 14.0. The first-order chi connectivity index (χ1) is 11.5. The fourth-order valence-electron chi connectivity index (χ4n) is 2.46. The molecule has 0 aliphatic heterocycles. The van der Waals surface area contributed by atoms with Gasteiger partial charge in [-0.25, -0.2) is 0 Å². The highest BCUT2D eigenvalue weighted by Gasteiger charge is 2.17. The quantitative estimate of drug-likeness (QED) is 0.590. The van der Waals surface area contributed by atoms with E-state index in [1.54, 1.807) is 32.4 Å². The summed E-state index contributed by atoms with van der Waals surface area (Å²) < 4.78 is 15.6. The van der Waals surface area contributed by atoms with Crippen molar-refractivity contribution in [1.29, 1.82) is 0 Å². The summed E-state index contributed by atoms with van der Waals surface area (Å²) in [5.41, 5.74) is 2.30. The van der Waals surface area contributed by atoms with Crippen LogP contribution >= 0.6 is 0 Å². The summed E-state index contributed by atoms with van der Waals surface area (Å²) in [6.07, 6.45) is 1.89. The first kappa shape index (κ1) is 17.3. The number of rotatable bonds is 6. The molecule has 0 bridgehead atoms. The first-order valence-corrected chi connectivity index (χ1v) is 7.26. The summed E-state index contributed by atoms with van der Waals surface area (Å²) in [5.74, 6) is 1.51.